The van der Waals surface area contributed by atoms with E-state index in [0.717, 1.165) is 38.4 Å². The first-order valence-electron chi connectivity index (χ1n) is 7.02. The summed E-state index contributed by atoms with van der Waals surface area (Å²) < 4.78 is 10.2. The molecular weight excluding hydrogens is 254 g/mol. The normalized spacial score (nSPS) is 16.4. The Balaban J connectivity index is 1.94. The van der Waals surface area contributed by atoms with Crippen LogP contribution in [0.5, 0.6) is 0 Å². The molecule has 0 spiro atoms. The zero-order valence-electron chi connectivity index (χ0n) is 11.9. The molecule has 0 unspecified atom stereocenters. The van der Waals surface area contributed by atoms with Gasteiger partial charge in [0.1, 0.15) is 0 Å². The Morgan fingerprint density at radius 2 is 2.20 bits per heavy atom. The van der Waals surface area contributed by atoms with Gasteiger partial charge in [-0.2, -0.15) is 0 Å². The molecule has 0 bridgehead atoms. The second-order valence-electron chi connectivity index (χ2n) is 4.72. The van der Waals surface area contributed by atoms with Crippen LogP contribution in [0.3, 0.4) is 0 Å². The SMILES string of the molecule is CCOC(=O)/C=C/c1cccc(CN2CCOCC2)c1. The summed E-state index contributed by atoms with van der Waals surface area (Å²) in [6, 6.07) is 8.21. The van der Waals surface area contributed by atoms with Gasteiger partial charge in [0, 0.05) is 25.7 Å². The molecule has 1 aliphatic heterocycles. The first kappa shape index (κ1) is 14.8. The maximum absolute atomic E-state index is 11.3. The minimum atomic E-state index is -0.300. The quantitative estimate of drug-likeness (QED) is 0.609. The summed E-state index contributed by atoms with van der Waals surface area (Å²) in [6.07, 6.45) is 3.26. The predicted octanol–water partition coefficient (Wildman–Crippen LogP) is 2.10. The van der Waals surface area contributed by atoms with E-state index in [-0.39, 0.29) is 5.97 Å². The summed E-state index contributed by atoms with van der Waals surface area (Å²) in [6.45, 7) is 6.69. The maximum atomic E-state index is 11.3. The number of benzene rings is 1. The molecular formula is C16H21NO3. The van der Waals surface area contributed by atoms with Gasteiger partial charge < -0.3 is 9.47 Å². The lowest BCUT2D eigenvalue weighted by Gasteiger charge is -2.26. The van der Waals surface area contributed by atoms with Gasteiger partial charge in [0.25, 0.3) is 0 Å². The number of morpholine rings is 1. The second kappa shape index (κ2) is 7.82. The third-order valence-electron chi connectivity index (χ3n) is 3.16. The van der Waals surface area contributed by atoms with E-state index in [9.17, 15) is 4.79 Å². The Morgan fingerprint density at radius 1 is 1.40 bits per heavy atom. The first-order valence-corrected chi connectivity index (χ1v) is 7.02. The van der Waals surface area contributed by atoms with Gasteiger partial charge in [-0.1, -0.05) is 24.3 Å². The van der Waals surface area contributed by atoms with E-state index < -0.39 is 0 Å². The Labute approximate surface area is 120 Å². The van der Waals surface area contributed by atoms with Gasteiger partial charge in [-0.05, 0) is 24.1 Å². The molecule has 2 rings (SSSR count). The molecule has 1 saturated heterocycles. The van der Waals surface area contributed by atoms with Crippen LogP contribution in [0.15, 0.2) is 30.3 Å². The van der Waals surface area contributed by atoms with E-state index in [1.165, 1.54) is 11.6 Å². The van der Waals surface area contributed by atoms with E-state index in [1.807, 2.05) is 12.1 Å². The molecule has 0 aromatic heterocycles. The highest BCUT2D eigenvalue weighted by atomic mass is 16.5. The lowest BCUT2D eigenvalue weighted by atomic mass is 10.1. The van der Waals surface area contributed by atoms with Crippen LogP contribution >= 0.6 is 0 Å². The molecule has 0 radical (unpaired) electrons. The average Bonchev–Trinajstić information content (AvgIpc) is 2.47. The molecule has 1 aromatic rings. The minimum absolute atomic E-state index is 0.300. The molecule has 0 aliphatic carbocycles. The standard InChI is InChI=1S/C16H21NO3/c1-2-20-16(18)7-6-14-4-3-5-15(12-14)13-17-8-10-19-11-9-17/h3-7,12H,2,8-11,13H2,1H3/b7-6+. The van der Waals surface area contributed by atoms with Gasteiger partial charge in [-0.15, -0.1) is 0 Å². The molecule has 20 heavy (non-hydrogen) atoms. The van der Waals surface area contributed by atoms with Gasteiger partial charge in [0.05, 0.1) is 19.8 Å². The van der Waals surface area contributed by atoms with Crippen molar-refractivity contribution in [2.24, 2.45) is 0 Å². The van der Waals surface area contributed by atoms with Crippen LogP contribution in [0.2, 0.25) is 0 Å². The topological polar surface area (TPSA) is 38.8 Å². The van der Waals surface area contributed by atoms with Crippen molar-refractivity contribution < 1.29 is 14.3 Å². The zero-order valence-corrected chi connectivity index (χ0v) is 11.9. The number of hydrogen-bond donors (Lipinski definition) is 0. The highest BCUT2D eigenvalue weighted by Crippen LogP contribution is 2.11. The van der Waals surface area contributed by atoms with Gasteiger partial charge in [0.15, 0.2) is 0 Å². The molecule has 108 valence electrons. The first-order chi connectivity index (χ1) is 9.78. The minimum Gasteiger partial charge on any atom is -0.463 e. The number of hydrogen-bond acceptors (Lipinski definition) is 4. The van der Waals surface area contributed by atoms with Crippen molar-refractivity contribution in [2.75, 3.05) is 32.9 Å². The van der Waals surface area contributed by atoms with Crippen LogP contribution in [0.25, 0.3) is 6.08 Å². The van der Waals surface area contributed by atoms with Crippen LogP contribution in [-0.4, -0.2) is 43.8 Å². The molecule has 1 fully saturated rings. The third kappa shape index (κ3) is 4.79. The summed E-state index contributed by atoms with van der Waals surface area (Å²) in [4.78, 5) is 13.7. The van der Waals surface area contributed by atoms with Crippen LogP contribution in [-0.2, 0) is 20.8 Å². The smallest absolute Gasteiger partial charge is 0.330 e. The number of esters is 1. The van der Waals surface area contributed by atoms with Crippen molar-refractivity contribution >= 4 is 12.0 Å². The Morgan fingerprint density at radius 3 is 2.95 bits per heavy atom. The highest BCUT2D eigenvalue weighted by Gasteiger charge is 2.10. The molecule has 4 heteroatoms. The lowest BCUT2D eigenvalue weighted by Crippen LogP contribution is -2.35. The fraction of sp³-hybridized carbons (Fsp3) is 0.438. The summed E-state index contributed by atoms with van der Waals surface area (Å²) in [5, 5.41) is 0. The van der Waals surface area contributed by atoms with Gasteiger partial charge in [-0.25, -0.2) is 4.79 Å². The van der Waals surface area contributed by atoms with Crippen molar-refractivity contribution in [2.45, 2.75) is 13.5 Å². The van der Waals surface area contributed by atoms with Gasteiger partial charge >= 0.3 is 5.97 Å². The molecule has 1 aromatic carbocycles. The number of rotatable bonds is 5. The lowest BCUT2D eigenvalue weighted by molar-refractivity contribution is -0.137. The average molecular weight is 275 g/mol. The number of nitrogens with zero attached hydrogens (tertiary/aromatic N) is 1. The maximum Gasteiger partial charge on any atom is 0.330 e. The van der Waals surface area contributed by atoms with Crippen molar-refractivity contribution in [3.8, 4) is 0 Å². The highest BCUT2D eigenvalue weighted by molar-refractivity contribution is 5.87. The molecule has 0 N–H and O–H groups in total. The van der Waals surface area contributed by atoms with Crippen molar-refractivity contribution in [3.05, 3.63) is 41.5 Å². The molecule has 1 heterocycles. The Bertz CT molecular complexity index is 465. The monoisotopic (exact) mass is 275 g/mol. The van der Waals surface area contributed by atoms with Crippen molar-refractivity contribution in [1.82, 2.24) is 4.90 Å². The zero-order chi connectivity index (χ0) is 14.2. The third-order valence-corrected chi connectivity index (χ3v) is 3.16. The summed E-state index contributed by atoms with van der Waals surface area (Å²) >= 11 is 0. The number of ether oxygens (including phenoxy) is 2. The Kier molecular flexibility index (Phi) is 5.77. The van der Waals surface area contributed by atoms with Crippen molar-refractivity contribution in [3.63, 3.8) is 0 Å². The van der Waals surface area contributed by atoms with Crippen molar-refractivity contribution in [1.29, 1.82) is 0 Å². The summed E-state index contributed by atoms with van der Waals surface area (Å²) in [5.41, 5.74) is 2.27. The van der Waals surface area contributed by atoms with Gasteiger partial charge in [-0.3, -0.25) is 4.90 Å². The largest absolute Gasteiger partial charge is 0.463 e. The van der Waals surface area contributed by atoms with Crippen LogP contribution in [0.1, 0.15) is 18.1 Å². The number of carbonyl (C=O) groups is 1. The molecule has 1 aliphatic rings. The number of carbonyl (C=O) groups excluding carboxylic acids is 1. The van der Waals surface area contributed by atoms with E-state index in [4.69, 9.17) is 9.47 Å². The summed E-state index contributed by atoms with van der Waals surface area (Å²) in [5.74, 6) is -0.300. The van der Waals surface area contributed by atoms with E-state index in [1.54, 1.807) is 13.0 Å². The molecule has 0 amide bonds. The molecule has 4 nitrogen and oxygen atoms in total. The van der Waals surface area contributed by atoms with Crippen LogP contribution in [0.4, 0.5) is 0 Å². The predicted molar refractivity (Wildman–Crippen MR) is 78.2 cm³/mol. The van der Waals surface area contributed by atoms with E-state index in [0.29, 0.717) is 6.61 Å². The van der Waals surface area contributed by atoms with Gasteiger partial charge in [0.2, 0.25) is 0 Å². The second-order valence-corrected chi connectivity index (χ2v) is 4.72. The fourth-order valence-corrected chi connectivity index (χ4v) is 2.17. The Hall–Kier alpha value is -1.65. The van der Waals surface area contributed by atoms with Crippen LogP contribution < -0.4 is 0 Å². The fourth-order valence-electron chi connectivity index (χ4n) is 2.17. The van der Waals surface area contributed by atoms with E-state index >= 15 is 0 Å². The molecule has 0 atom stereocenters. The van der Waals surface area contributed by atoms with Crippen LogP contribution in [0, 0.1) is 0 Å². The summed E-state index contributed by atoms with van der Waals surface area (Å²) in [7, 11) is 0. The molecule has 0 saturated carbocycles. The van der Waals surface area contributed by atoms with E-state index in [2.05, 4.69) is 17.0 Å².